The highest BCUT2D eigenvalue weighted by Gasteiger charge is 2.09. The first-order valence-electron chi connectivity index (χ1n) is 6.95. The van der Waals surface area contributed by atoms with Crippen LogP contribution in [0.5, 0.6) is 0 Å². The average molecular weight is 237 g/mol. The minimum Gasteiger partial charge on any atom is -0.310 e. The molecule has 0 radical (unpaired) electrons. The maximum atomic E-state index is 4.53. The largest absolute Gasteiger partial charge is 0.310 e. The van der Waals surface area contributed by atoms with E-state index in [1.165, 1.54) is 30.5 Å². The fourth-order valence-electron chi connectivity index (χ4n) is 1.94. The standard InChI is InChI=1S/C14H27N3/c1-5-7-9-17-14(8-6-2)13(11-16-17)10-15-12(3)4/h11-12,15H,5-10H2,1-4H3. The van der Waals surface area contributed by atoms with Gasteiger partial charge in [0.05, 0.1) is 6.20 Å². The van der Waals surface area contributed by atoms with Crippen molar-refractivity contribution in [1.29, 1.82) is 0 Å². The molecule has 0 aliphatic carbocycles. The van der Waals surface area contributed by atoms with Gasteiger partial charge in [0.2, 0.25) is 0 Å². The van der Waals surface area contributed by atoms with Crippen LogP contribution in [0.4, 0.5) is 0 Å². The molecule has 1 N–H and O–H groups in total. The van der Waals surface area contributed by atoms with Gasteiger partial charge in [0.25, 0.3) is 0 Å². The Kier molecular flexibility index (Phi) is 6.27. The smallest absolute Gasteiger partial charge is 0.0537 e. The lowest BCUT2D eigenvalue weighted by molar-refractivity contribution is 0.540. The number of nitrogens with one attached hydrogen (secondary N) is 1. The summed E-state index contributed by atoms with van der Waals surface area (Å²) in [4.78, 5) is 0. The Morgan fingerprint density at radius 1 is 1.29 bits per heavy atom. The van der Waals surface area contributed by atoms with Crippen LogP contribution < -0.4 is 5.32 Å². The van der Waals surface area contributed by atoms with Gasteiger partial charge in [0.1, 0.15) is 0 Å². The van der Waals surface area contributed by atoms with Crippen molar-refractivity contribution in [1.82, 2.24) is 15.1 Å². The zero-order chi connectivity index (χ0) is 12.7. The molecule has 0 aliphatic heterocycles. The van der Waals surface area contributed by atoms with E-state index in [9.17, 15) is 0 Å². The van der Waals surface area contributed by atoms with Crippen LogP contribution in [0.3, 0.4) is 0 Å². The number of nitrogens with zero attached hydrogens (tertiary/aromatic N) is 2. The van der Waals surface area contributed by atoms with E-state index in [2.05, 4.69) is 42.8 Å². The third-order valence-corrected chi connectivity index (χ3v) is 2.95. The average Bonchev–Trinajstić information content (AvgIpc) is 2.67. The minimum absolute atomic E-state index is 0.531. The van der Waals surface area contributed by atoms with Crippen molar-refractivity contribution in [3.63, 3.8) is 0 Å². The molecule has 1 heterocycles. The van der Waals surface area contributed by atoms with Crippen LogP contribution in [0.25, 0.3) is 0 Å². The summed E-state index contributed by atoms with van der Waals surface area (Å²) in [5, 5.41) is 8.00. The molecule has 0 atom stereocenters. The second kappa shape index (κ2) is 7.49. The van der Waals surface area contributed by atoms with E-state index in [0.717, 1.165) is 19.5 Å². The first kappa shape index (κ1) is 14.2. The summed E-state index contributed by atoms with van der Waals surface area (Å²) in [6.45, 7) is 10.8. The Labute approximate surface area is 106 Å². The van der Waals surface area contributed by atoms with E-state index >= 15 is 0 Å². The van der Waals surface area contributed by atoms with Crippen LogP contribution in [-0.2, 0) is 19.5 Å². The van der Waals surface area contributed by atoms with Gasteiger partial charge in [0, 0.05) is 30.4 Å². The monoisotopic (exact) mass is 237 g/mol. The number of rotatable bonds is 8. The van der Waals surface area contributed by atoms with E-state index < -0.39 is 0 Å². The molecule has 0 amide bonds. The zero-order valence-corrected chi connectivity index (χ0v) is 11.8. The van der Waals surface area contributed by atoms with Crippen molar-refractivity contribution in [3.8, 4) is 0 Å². The molecule has 1 rings (SSSR count). The summed E-state index contributed by atoms with van der Waals surface area (Å²) in [6.07, 6.45) is 6.81. The summed E-state index contributed by atoms with van der Waals surface area (Å²) in [5.74, 6) is 0. The topological polar surface area (TPSA) is 29.9 Å². The fraction of sp³-hybridized carbons (Fsp3) is 0.786. The summed E-state index contributed by atoms with van der Waals surface area (Å²) < 4.78 is 2.20. The molecular weight excluding hydrogens is 210 g/mol. The molecule has 0 saturated heterocycles. The maximum Gasteiger partial charge on any atom is 0.0537 e. The van der Waals surface area contributed by atoms with Gasteiger partial charge in [-0.1, -0.05) is 40.5 Å². The summed E-state index contributed by atoms with van der Waals surface area (Å²) in [5.41, 5.74) is 2.80. The van der Waals surface area contributed by atoms with Crippen molar-refractivity contribution in [3.05, 3.63) is 17.5 Å². The van der Waals surface area contributed by atoms with Crippen LogP contribution in [0.1, 0.15) is 58.2 Å². The Morgan fingerprint density at radius 2 is 2.06 bits per heavy atom. The lowest BCUT2D eigenvalue weighted by Gasteiger charge is -2.10. The molecule has 0 fully saturated rings. The van der Waals surface area contributed by atoms with Gasteiger partial charge in [-0.2, -0.15) is 5.10 Å². The fourth-order valence-corrected chi connectivity index (χ4v) is 1.94. The maximum absolute atomic E-state index is 4.53. The highest BCUT2D eigenvalue weighted by atomic mass is 15.3. The molecule has 0 bridgehead atoms. The summed E-state index contributed by atoms with van der Waals surface area (Å²) >= 11 is 0. The highest BCUT2D eigenvalue weighted by Crippen LogP contribution is 2.12. The van der Waals surface area contributed by atoms with Crippen molar-refractivity contribution >= 4 is 0 Å². The number of unbranched alkanes of at least 4 members (excludes halogenated alkanes) is 1. The number of aromatic nitrogens is 2. The second-order valence-electron chi connectivity index (χ2n) is 4.98. The van der Waals surface area contributed by atoms with Crippen LogP contribution in [0.15, 0.2) is 6.20 Å². The second-order valence-corrected chi connectivity index (χ2v) is 4.98. The molecule has 3 heteroatoms. The highest BCUT2D eigenvalue weighted by molar-refractivity contribution is 5.18. The van der Waals surface area contributed by atoms with E-state index in [4.69, 9.17) is 0 Å². The van der Waals surface area contributed by atoms with E-state index in [1.807, 2.05) is 6.20 Å². The predicted octanol–water partition coefficient (Wildman–Crippen LogP) is 3.13. The molecule has 98 valence electrons. The summed E-state index contributed by atoms with van der Waals surface area (Å²) in [7, 11) is 0. The van der Waals surface area contributed by atoms with Crippen LogP contribution in [0.2, 0.25) is 0 Å². The van der Waals surface area contributed by atoms with E-state index in [0.29, 0.717) is 6.04 Å². The molecule has 1 aromatic heterocycles. The Morgan fingerprint density at radius 3 is 2.65 bits per heavy atom. The van der Waals surface area contributed by atoms with Gasteiger partial charge in [-0.15, -0.1) is 0 Å². The zero-order valence-electron chi connectivity index (χ0n) is 11.8. The Hall–Kier alpha value is -0.830. The molecule has 0 spiro atoms. The van der Waals surface area contributed by atoms with Crippen LogP contribution in [0, 0.1) is 0 Å². The molecule has 17 heavy (non-hydrogen) atoms. The third kappa shape index (κ3) is 4.50. The minimum atomic E-state index is 0.531. The summed E-state index contributed by atoms with van der Waals surface area (Å²) in [6, 6.07) is 0.531. The SMILES string of the molecule is CCCCn1ncc(CNC(C)C)c1CCC. The predicted molar refractivity (Wildman–Crippen MR) is 73.1 cm³/mol. The van der Waals surface area contributed by atoms with Crippen molar-refractivity contribution in [2.75, 3.05) is 0 Å². The van der Waals surface area contributed by atoms with Crippen molar-refractivity contribution < 1.29 is 0 Å². The molecule has 3 nitrogen and oxygen atoms in total. The van der Waals surface area contributed by atoms with Crippen molar-refractivity contribution in [2.24, 2.45) is 0 Å². The van der Waals surface area contributed by atoms with Gasteiger partial charge in [0.15, 0.2) is 0 Å². The lowest BCUT2D eigenvalue weighted by atomic mass is 10.1. The number of aryl methyl sites for hydroxylation is 1. The number of hydrogen-bond acceptors (Lipinski definition) is 2. The lowest BCUT2D eigenvalue weighted by Crippen LogP contribution is -2.22. The molecule has 0 unspecified atom stereocenters. The van der Waals surface area contributed by atoms with Crippen LogP contribution in [-0.4, -0.2) is 15.8 Å². The molecule has 0 aromatic carbocycles. The van der Waals surface area contributed by atoms with Gasteiger partial charge >= 0.3 is 0 Å². The van der Waals surface area contributed by atoms with Gasteiger partial charge < -0.3 is 5.32 Å². The molecule has 1 aromatic rings. The van der Waals surface area contributed by atoms with Crippen molar-refractivity contribution in [2.45, 2.75) is 72.5 Å². The Balaban J connectivity index is 2.70. The Bertz CT molecular complexity index is 315. The normalized spacial score (nSPS) is 11.4. The first-order chi connectivity index (χ1) is 8.19. The van der Waals surface area contributed by atoms with Gasteiger partial charge in [-0.05, 0) is 12.8 Å². The molecule has 0 aliphatic rings. The van der Waals surface area contributed by atoms with Gasteiger partial charge in [-0.25, -0.2) is 0 Å². The van der Waals surface area contributed by atoms with Crippen LogP contribution >= 0.6 is 0 Å². The molecule has 0 saturated carbocycles. The van der Waals surface area contributed by atoms with E-state index in [-0.39, 0.29) is 0 Å². The quantitative estimate of drug-likeness (QED) is 0.753. The third-order valence-electron chi connectivity index (χ3n) is 2.95. The van der Waals surface area contributed by atoms with E-state index in [1.54, 1.807) is 0 Å². The van der Waals surface area contributed by atoms with Gasteiger partial charge in [-0.3, -0.25) is 4.68 Å². The molecular formula is C14H27N3. The first-order valence-corrected chi connectivity index (χ1v) is 6.95. The number of hydrogen-bond donors (Lipinski definition) is 1.